The number of rotatable bonds is 4. The average molecular weight is 243 g/mol. The number of hydrogen-bond acceptors (Lipinski definition) is 3. The van der Waals surface area contributed by atoms with Gasteiger partial charge in [-0.25, -0.2) is 0 Å². The number of oxime groups is 1. The zero-order chi connectivity index (χ0) is 13.0. The minimum atomic E-state index is -0.396. The average Bonchev–Trinajstić information content (AvgIpc) is 2.42. The van der Waals surface area contributed by atoms with Gasteiger partial charge in [0.1, 0.15) is 5.71 Å². The maximum atomic E-state index is 5.36. The third kappa shape index (κ3) is 2.36. The molecule has 0 aromatic heterocycles. The summed E-state index contributed by atoms with van der Waals surface area (Å²) >= 11 is 0. The van der Waals surface area contributed by atoms with Crippen molar-refractivity contribution in [1.29, 1.82) is 0 Å². The lowest BCUT2D eigenvalue weighted by molar-refractivity contribution is -0.0998. The number of benzene rings is 1. The molecule has 94 valence electrons. The van der Waals surface area contributed by atoms with Gasteiger partial charge in [0.25, 0.3) is 0 Å². The van der Waals surface area contributed by atoms with Crippen LogP contribution in [-0.4, -0.2) is 19.1 Å². The molecule has 0 N–H and O–H groups in total. The van der Waals surface area contributed by atoms with E-state index in [0.29, 0.717) is 0 Å². The van der Waals surface area contributed by atoms with E-state index in [1.165, 1.54) is 0 Å². The molecular formula is C15H17NO2. The molecule has 0 bridgehead atoms. The van der Waals surface area contributed by atoms with Gasteiger partial charge in [0, 0.05) is 18.2 Å². The van der Waals surface area contributed by atoms with Crippen LogP contribution < -0.4 is 0 Å². The first-order chi connectivity index (χ1) is 8.77. The second kappa shape index (κ2) is 5.65. The second-order valence-electron chi connectivity index (χ2n) is 4.13. The second-order valence-corrected chi connectivity index (χ2v) is 4.13. The van der Waals surface area contributed by atoms with E-state index in [1.54, 1.807) is 7.11 Å². The van der Waals surface area contributed by atoms with E-state index in [9.17, 15) is 0 Å². The summed E-state index contributed by atoms with van der Waals surface area (Å²) in [6.45, 7) is 5.80. The Kier molecular flexibility index (Phi) is 3.95. The minimum absolute atomic E-state index is 0.396. The highest BCUT2D eigenvalue weighted by molar-refractivity contribution is 6.13. The molecule has 0 amide bonds. The van der Waals surface area contributed by atoms with Crippen LogP contribution in [0.1, 0.15) is 18.9 Å². The molecule has 0 saturated heterocycles. The zero-order valence-electron chi connectivity index (χ0n) is 10.7. The lowest BCUT2D eigenvalue weighted by Gasteiger charge is -2.24. The molecule has 1 aliphatic rings. The Labute approximate surface area is 107 Å². The zero-order valence-corrected chi connectivity index (χ0v) is 10.7. The SMILES string of the molecule is C=CCC1=C(C)C(OC)ON=C1c1ccccc1. The number of methoxy groups -OCH3 is 1. The maximum absolute atomic E-state index is 5.36. The predicted octanol–water partition coefficient (Wildman–Crippen LogP) is 3.29. The summed E-state index contributed by atoms with van der Waals surface area (Å²) in [7, 11) is 1.61. The van der Waals surface area contributed by atoms with Gasteiger partial charge in [0.15, 0.2) is 0 Å². The Morgan fingerprint density at radius 3 is 2.72 bits per heavy atom. The number of nitrogens with zero attached hydrogens (tertiary/aromatic N) is 1. The maximum Gasteiger partial charge on any atom is 0.249 e. The fraction of sp³-hybridized carbons (Fsp3) is 0.267. The molecule has 0 fully saturated rings. The molecule has 0 spiro atoms. The fourth-order valence-electron chi connectivity index (χ4n) is 2.01. The normalized spacial score (nSPS) is 19.2. The van der Waals surface area contributed by atoms with Crippen LogP contribution in [0.3, 0.4) is 0 Å². The Morgan fingerprint density at radius 2 is 2.11 bits per heavy atom. The monoisotopic (exact) mass is 243 g/mol. The predicted molar refractivity (Wildman–Crippen MR) is 72.4 cm³/mol. The van der Waals surface area contributed by atoms with Crippen molar-refractivity contribution in [2.45, 2.75) is 19.6 Å². The van der Waals surface area contributed by atoms with Crippen molar-refractivity contribution in [3.63, 3.8) is 0 Å². The molecule has 18 heavy (non-hydrogen) atoms. The van der Waals surface area contributed by atoms with Crippen LogP contribution in [0, 0.1) is 0 Å². The molecule has 1 aliphatic heterocycles. The molecule has 1 aromatic rings. The Morgan fingerprint density at radius 1 is 1.39 bits per heavy atom. The van der Waals surface area contributed by atoms with Crippen LogP contribution in [0.2, 0.25) is 0 Å². The Hall–Kier alpha value is -1.87. The highest BCUT2D eigenvalue weighted by Gasteiger charge is 2.24. The lowest BCUT2D eigenvalue weighted by Crippen LogP contribution is -2.24. The standard InChI is InChI=1S/C15H17NO2/c1-4-8-13-11(2)15(17-3)18-16-14(13)12-9-6-5-7-10-12/h4-7,9-10,15H,1,8H2,2-3H3. The van der Waals surface area contributed by atoms with Crippen molar-refractivity contribution in [3.8, 4) is 0 Å². The summed E-state index contributed by atoms with van der Waals surface area (Å²) < 4.78 is 5.24. The number of ether oxygens (including phenoxy) is 1. The van der Waals surface area contributed by atoms with Gasteiger partial charge >= 0.3 is 0 Å². The quantitative estimate of drug-likeness (QED) is 0.760. The fourth-order valence-corrected chi connectivity index (χ4v) is 2.01. The van der Waals surface area contributed by atoms with Crippen LogP contribution in [-0.2, 0) is 9.57 Å². The summed E-state index contributed by atoms with van der Waals surface area (Å²) in [4.78, 5) is 5.36. The summed E-state index contributed by atoms with van der Waals surface area (Å²) in [5.74, 6) is 0. The first-order valence-electron chi connectivity index (χ1n) is 5.91. The van der Waals surface area contributed by atoms with Gasteiger partial charge in [0.2, 0.25) is 6.29 Å². The molecular weight excluding hydrogens is 226 g/mol. The molecule has 0 saturated carbocycles. The molecule has 1 unspecified atom stereocenters. The Balaban J connectivity index is 2.42. The number of hydrogen-bond donors (Lipinski definition) is 0. The van der Waals surface area contributed by atoms with Crippen LogP contribution in [0.4, 0.5) is 0 Å². The van der Waals surface area contributed by atoms with Crippen molar-refractivity contribution in [2.75, 3.05) is 7.11 Å². The van der Waals surface area contributed by atoms with Crippen molar-refractivity contribution in [3.05, 3.63) is 59.7 Å². The highest BCUT2D eigenvalue weighted by atomic mass is 16.8. The van der Waals surface area contributed by atoms with Crippen molar-refractivity contribution < 1.29 is 9.57 Å². The van der Waals surface area contributed by atoms with E-state index in [4.69, 9.17) is 9.57 Å². The molecule has 0 aliphatic carbocycles. The molecule has 0 radical (unpaired) electrons. The third-order valence-electron chi connectivity index (χ3n) is 2.96. The molecule has 3 heteroatoms. The van der Waals surface area contributed by atoms with Crippen molar-refractivity contribution in [1.82, 2.24) is 0 Å². The minimum Gasteiger partial charge on any atom is -0.358 e. The summed E-state index contributed by atoms with van der Waals surface area (Å²) in [6.07, 6.45) is 2.23. The van der Waals surface area contributed by atoms with Crippen molar-refractivity contribution >= 4 is 5.71 Å². The van der Waals surface area contributed by atoms with Crippen LogP contribution in [0.25, 0.3) is 0 Å². The topological polar surface area (TPSA) is 30.8 Å². The van der Waals surface area contributed by atoms with E-state index >= 15 is 0 Å². The Bertz CT molecular complexity index is 488. The molecule has 1 atom stereocenters. The van der Waals surface area contributed by atoms with E-state index in [0.717, 1.165) is 28.8 Å². The van der Waals surface area contributed by atoms with Crippen molar-refractivity contribution in [2.24, 2.45) is 5.16 Å². The van der Waals surface area contributed by atoms with Gasteiger partial charge in [-0.2, -0.15) is 0 Å². The van der Waals surface area contributed by atoms with Gasteiger partial charge in [-0.05, 0) is 18.9 Å². The summed E-state index contributed by atoms with van der Waals surface area (Å²) in [5, 5.41) is 4.19. The molecule has 3 nitrogen and oxygen atoms in total. The van der Waals surface area contributed by atoms with Gasteiger partial charge < -0.3 is 9.57 Å². The van der Waals surface area contributed by atoms with Crippen LogP contribution in [0.5, 0.6) is 0 Å². The van der Waals surface area contributed by atoms with Gasteiger partial charge in [-0.1, -0.05) is 41.6 Å². The first-order valence-corrected chi connectivity index (χ1v) is 5.91. The summed E-state index contributed by atoms with van der Waals surface area (Å²) in [5.41, 5.74) is 4.07. The molecule has 1 heterocycles. The van der Waals surface area contributed by atoms with E-state index < -0.39 is 6.29 Å². The molecule has 2 rings (SSSR count). The van der Waals surface area contributed by atoms with Gasteiger partial charge in [0.05, 0.1) is 0 Å². The smallest absolute Gasteiger partial charge is 0.249 e. The third-order valence-corrected chi connectivity index (χ3v) is 2.96. The van der Waals surface area contributed by atoms with E-state index in [-0.39, 0.29) is 0 Å². The first kappa shape index (κ1) is 12.6. The lowest BCUT2D eigenvalue weighted by atomic mass is 9.95. The van der Waals surface area contributed by atoms with Crippen LogP contribution in [0.15, 0.2) is 59.3 Å². The number of allylic oxidation sites excluding steroid dienone is 2. The van der Waals surface area contributed by atoms with Crippen LogP contribution >= 0.6 is 0 Å². The van der Waals surface area contributed by atoms with Gasteiger partial charge in [-0.15, -0.1) is 6.58 Å². The largest absolute Gasteiger partial charge is 0.358 e. The van der Waals surface area contributed by atoms with E-state index in [1.807, 2.05) is 43.3 Å². The van der Waals surface area contributed by atoms with Gasteiger partial charge in [-0.3, -0.25) is 0 Å². The van der Waals surface area contributed by atoms with E-state index in [2.05, 4.69) is 11.7 Å². The molecule has 1 aromatic carbocycles. The summed E-state index contributed by atoms with van der Waals surface area (Å²) in [6, 6.07) is 10.00. The highest BCUT2D eigenvalue weighted by Crippen LogP contribution is 2.25.